The van der Waals surface area contributed by atoms with Crippen LogP contribution in [0.3, 0.4) is 0 Å². The molecule has 7 rings (SSSR count). The SMILES string of the molecule is CCc1ccc(CCOc2ccc(-c3cc(-c4cccc(F)c4)nc(N4C(=O)/C(=C\c5cc(OC)c(OC)c(OC)c5)N=C4c4ccccc4)n3)cc2)nc1. The number of amides is 1. The molecule has 0 unspecified atom stereocenters. The van der Waals surface area contributed by atoms with E-state index in [0.717, 1.165) is 17.7 Å². The monoisotopic (exact) mass is 735 g/mol. The number of aromatic nitrogens is 3. The van der Waals surface area contributed by atoms with Gasteiger partial charge in [0.2, 0.25) is 11.7 Å². The molecule has 0 bridgehead atoms. The number of halogens is 1. The van der Waals surface area contributed by atoms with Crippen molar-refractivity contribution < 1.29 is 28.1 Å². The van der Waals surface area contributed by atoms with Crippen LogP contribution in [0.15, 0.2) is 126 Å². The Hall–Kier alpha value is -6.88. The average Bonchev–Trinajstić information content (AvgIpc) is 3.55. The third-order valence-electron chi connectivity index (χ3n) is 8.99. The van der Waals surface area contributed by atoms with Crippen LogP contribution in [0, 0.1) is 5.82 Å². The molecule has 0 saturated heterocycles. The molecule has 1 aliphatic heterocycles. The number of hydrogen-bond acceptors (Lipinski definition) is 9. The lowest BCUT2D eigenvalue weighted by Crippen LogP contribution is -2.34. The quantitative estimate of drug-likeness (QED) is 0.109. The van der Waals surface area contributed by atoms with Crippen LogP contribution in [0.25, 0.3) is 28.6 Å². The van der Waals surface area contributed by atoms with E-state index in [2.05, 4.69) is 18.0 Å². The average molecular weight is 736 g/mol. The molecule has 55 heavy (non-hydrogen) atoms. The molecule has 0 atom stereocenters. The molecular weight excluding hydrogens is 698 g/mol. The van der Waals surface area contributed by atoms with Crippen LogP contribution < -0.4 is 23.8 Å². The summed E-state index contributed by atoms with van der Waals surface area (Å²) in [6, 6.07) is 32.3. The third kappa shape index (κ3) is 8.06. The first-order chi connectivity index (χ1) is 26.9. The minimum atomic E-state index is -0.461. The lowest BCUT2D eigenvalue weighted by Gasteiger charge is -2.18. The van der Waals surface area contributed by atoms with Gasteiger partial charge in [-0.25, -0.2) is 24.3 Å². The molecule has 0 fully saturated rings. The molecular formula is C44H38FN5O5. The summed E-state index contributed by atoms with van der Waals surface area (Å²) >= 11 is 0. The van der Waals surface area contributed by atoms with Gasteiger partial charge in [0, 0.05) is 35.0 Å². The summed E-state index contributed by atoms with van der Waals surface area (Å²) in [6.07, 6.45) is 5.15. The predicted molar refractivity (Wildman–Crippen MR) is 210 cm³/mol. The molecule has 0 radical (unpaired) electrons. The molecule has 3 heterocycles. The molecule has 1 aliphatic rings. The topological polar surface area (TPSA) is 108 Å². The van der Waals surface area contributed by atoms with Gasteiger partial charge in [-0.1, -0.05) is 55.5 Å². The molecule has 0 aliphatic carbocycles. The number of aliphatic imine (C=N–C) groups is 1. The second kappa shape index (κ2) is 16.4. The number of ether oxygens (including phenoxy) is 4. The maximum atomic E-state index is 14.5. The van der Waals surface area contributed by atoms with E-state index in [1.165, 1.54) is 43.9 Å². The molecule has 0 saturated carbocycles. The summed E-state index contributed by atoms with van der Waals surface area (Å²) in [5, 5.41) is 0. The Morgan fingerprint density at radius 2 is 1.45 bits per heavy atom. The second-order valence-electron chi connectivity index (χ2n) is 12.5. The number of hydrogen-bond donors (Lipinski definition) is 0. The standard InChI is InChI=1S/C44H38FN5O5/c1-5-28-14-17-34(46-27-28)20-21-55-35-18-15-30(16-19-35)36-26-37(32-12-9-13-33(45)25-32)49-44(48-36)50-42(31-10-7-6-8-11-31)47-38(43(50)51)22-29-23-39(52-2)41(54-4)40(24-29)53-3/h6-19,22-27H,5,20-21H2,1-4H3/b38-22+. The molecule has 6 aromatic rings. The number of aryl methyl sites for hydroxylation is 1. The summed E-state index contributed by atoms with van der Waals surface area (Å²) < 4.78 is 37.1. The van der Waals surface area contributed by atoms with E-state index in [-0.39, 0.29) is 11.6 Å². The van der Waals surface area contributed by atoms with Gasteiger partial charge >= 0.3 is 0 Å². The van der Waals surface area contributed by atoms with E-state index in [1.54, 1.807) is 36.4 Å². The van der Waals surface area contributed by atoms with Crippen molar-refractivity contribution in [2.75, 3.05) is 32.8 Å². The summed E-state index contributed by atoms with van der Waals surface area (Å²) in [7, 11) is 4.57. The van der Waals surface area contributed by atoms with Gasteiger partial charge in [-0.15, -0.1) is 0 Å². The van der Waals surface area contributed by atoms with Gasteiger partial charge in [-0.3, -0.25) is 9.78 Å². The fourth-order valence-electron chi connectivity index (χ4n) is 6.11. The summed E-state index contributed by atoms with van der Waals surface area (Å²) in [6.45, 7) is 2.56. The van der Waals surface area contributed by atoms with Crippen molar-refractivity contribution in [1.29, 1.82) is 0 Å². The zero-order valence-electron chi connectivity index (χ0n) is 30.8. The van der Waals surface area contributed by atoms with E-state index < -0.39 is 11.7 Å². The van der Waals surface area contributed by atoms with Gasteiger partial charge in [0.25, 0.3) is 5.91 Å². The van der Waals surface area contributed by atoms with E-state index in [0.29, 0.717) is 69.9 Å². The maximum Gasteiger partial charge on any atom is 0.285 e. The summed E-state index contributed by atoms with van der Waals surface area (Å²) in [4.78, 5) is 34.9. The molecule has 1 amide bonds. The van der Waals surface area contributed by atoms with Crippen molar-refractivity contribution in [3.63, 3.8) is 0 Å². The zero-order valence-corrected chi connectivity index (χ0v) is 30.8. The Morgan fingerprint density at radius 1 is 0.745 bits per heavy atom. The first-order valence-electron chi connectivity index (χ1n) is 17.7. The fourth-order valence-corrected chi connectivity index (χ4v) is 6.11. The first kappa shape index (κ1) is 36.5. The zero-order chi connectivity index (χ0) is 38.3. The van der Waals surface area contributed by atoms with Crippen LogP contribution in [0.1, 0.15) is 29.3 Å². The normalized spacial score (nSPS) is 13.2. The fraction of sp³-hybridized carbons (Fsp3) is 0.159. The van der Waals surface area contributed by atoms with Crippen LogP contribution >= 0.6 is 0 Å². The molecule has 276 valence electrons. The lowest BCUT2D eigenvalue weighted by atomic mass is 10.1. The van der Waals surface area contributed by atoms with Crippen molar-refractivity contribution in [2.45, 2.75) is 19.8 Å². The maximum absolute atomic E-state index is 14.5. The van der Waals surface area contributed by atoms with Crippen LogP contribution in [-0.4, -0.2) is 54.6 Å². The smallest absolute Gasteiger partial charge is 0.285 e. The summed E-state index contributed by atoms with van der Waals surface area (Å²) in [5.74, 6) is 1.47. The van der Waals surface area contributed by atoms with Gasteiger partial charge in [0.1, 0.15) is 17.3 Å². The first-order valence-corrected chi connectivity index (χ1v) is 17.7. The van der Waals surface area contributed by atoms with Crippen molar-refractivity contribution in [3.8, 4) is 45.5 Å². The largest absolute Gasteiger partial charge is 0.493 e. The van der Waals surface area contributed by atoms with Crippen LogP contribution in [-0.2, 0) is 17.6 Å². The number of rotatable bonds is 13. The number of carbonyl (C=O) groups is 1. The highest BCUT2D eigenvalue weighted by atomic mass is 19.1. The molecule has 0 spiro atoms. The van der Waals surface area contributed by atoms with Crippen molar-refractivity contribution in [2.24, 2.45) is 4.99 Å². The Kier molecular flexibility index (Phi) is 10.9. The third-order valence-corrected chi connectivity index (χ3v) is 8.99. The predicted octanol–water partition coefficient (Wildman–Crippen LogP) is 8.39. The van der Waals surface area contributed by atoms with Gasteiger partial charge in [0.05, 0.1) is 39.3 Å². The number of benzene rings is 4. The number of amidine groups is 1. The highest BCUT2D eigenvalue weighted by molar-refractivity contribution is 6.32. The molecule has 10 nitrogen and oxygen atoms in total. The van der Waals surface area contributed by atoms with E-state index in [4.69, 9.17) is 33.9 Å². The van der Waals surface area contributed by atoms with Crippen molar-refractivity contribution in [3.05, 3.63) is 149 Å². The van der Waals surface area contributed by atoms with Gasteiger partial charge in [0.15, 0.2) is 17.3 Å². The van der Waals surface area contributed by atoms with Crippen LogP contribution in [0.4, 0.5) is 10.3 Å². The van der Waals surface area contributed by atoms with Crippen molar-refractivity contribution in [1.82, 2.24) is 15.0 Å². The molecule has 0 N–H and O–H groups in total. The minimum Gasteiger partial charge on any atom is -0.493 e. The Balaban J connectivity index is 1.26. The van der Waals surface area contributed by atoms with Crippen LogP contribution in [0.2, 0.25) is 0 Å². The van der Waals surface area contributed by atoms with Gasteiger partial charge in [-0.05, 0) is 84.3 Å². The Labute approximate surface area is 318 Å². The highest BCUT2D eigenvalue weighted by Crippen LogP contribution is 2.39. The van der Waals surface area contributed by atoms with Crippen molar-refractivity contribution >= 4 is 23.8 Å². The summed E-state index contributed by atoms with van der Waals surface area (Å²) in [5.41, 5.74) is 5.74. The van der Waals surface area contributed by atoms with Crippen LogP contribution in [0.5, 0.6) is 23.0 Å². The number of carbonyl (C=O) groups excluding carboxylic acids is 1. The molecule has 11 heteroatoms. The Morgan fingerprint density at radius 3 is 2.09 bits per heavy atom. The van der Waals surface area contributed by atoms with Gasteiger partial charge in [-0.2, -0.15) is 0 Å². The highest BCUT2D eigenvalue weighted by Gasteiger charge is 2.35. The molecule has 2 aromatic heterocycles. The van der Waals surface area contributed by atoms with E-state index >= 15 is 0 Å². The van der Waals surface area contributed by atoms with E-state index in [9.17, 15) is 9.18 Å². The number of anilines is 1. The number of nitrogens with zero attached hydrogens (tertiary/aromatic N) is 5. The number of pyridine rings is 1. The Bertz CT molecular complexity index is 2360. The molecule has 4 aromatic carbocycles. The van der Waals surface area contributed by atoms with E-state index in [1.807, 2.05) is 66.9 Å². The number of methoxy groups -OCH3 is 3. The second-order valence-corrected chi connectivity index (χ2v) is 12.5. The van der Waals surface area contributed by atoms with Gasteiger partial charge < -0.3 is 18.9 Å². The lowest BCUT2D eigenvalue weighted by molar-refractivity contribution is -0.113. The minimum absolute atomic E-state index is 0.0691.